The monoisotopic (exact) mass is 236 g/mol. The van der Waals surface area contributed by atoms with Crippen LogP contribution in [0, 0.1) is 5.92 Å². The Morgan fingerprint density at radius 2 is 2.41 bits per heavy atom. The van der Waals surface area contributed by atoms with Crippen LogP contribution in [0.25, 0.3) is 0 Å². The number of amides is 1. The van der Waals surface area contributed by atoms with Crippen LogP contribution in [0.15, 0.2) is 12.3 Å². The molecule has 1 aromatic heterocycles. The van der Waals surface area contributed by atoms with E-state index in [2.05, 4.69) is 29.2 Å². The second-order valence-electron chi connectivity index (χ2n) is 4.95. The summed E-state index contributed by atoms with van der Waals surface area (Å²) in [6.07, 6.45) is 2.63. The van der Waals surface area contributed by atoms with Gasteiger partial charge in [0.05, 0.1) is 0 Å². The molecule has 0 bridgehead atoms. The number of nitrogens with zero attached hydrogens (tertiary/aromatic N) is 1. The fourth-order valence-corrected chi connectivity index (χ4v) is 2.36. The van der Waals surface area contributed by atoms with Gasteiger partial charge in [0.15, 0.2) is 0 Å². The fourth-order valence-electron chi connectivity index (χ4n) is 2.36. The molecule has 2 rings (SSSR count). The van der Waals surface area contributed by atoms with Crippen LogP contribution in [0.2, 0.25) is 0 Å². The SMILES string of the molecule is CC1CN(C)CCC1NC(=O)c1cc(N)c[nH]1. The molecule has 1 amide bonds. The second kappa shape index (κ2) is 4.79. The Labute approximate surface area is 101 Å². The third-order valence-electron chi connectivity index (χ3n) is 3.37. The number of anilines is 1. The van der Waals surface area contributed by atoms with Crippen molar-refractivity contribution in [2.45, 2.75) is 19.4 Å². The van der Waals surface area contributed by atoms with Crippen molar-refractivity contribution in [3.63, 3.8) is 0 Å². The summed E-state index contributed by atoms with van der Waals surface area (Å²) >= 11 is 0. The number of carbonyl (C=O) groups is 1. The number of likely N-dealkylation sites (tertiary alicyclic amines) is 1. The van der Waals surface area contributed by atoms with Crippen molar-refractivity contribution in [2.24, 2.45) is 5.92 Å². The van der Waals surface area contributed by atoms with Gasteiger partial charge in [-0.3, -0.25) is 4.79 Å². The molecule has 94 valence electrons. The molecule has 0 spiro atoms. The Kier molecular flexibility index (Phi) is 3.38. The maximum atomic E-state index is 11.9. The molecule has 2 unspecified atom stereocenters. The Morgan fingerprint density at radius 1 is 1.65 bits per heavy atom. The maximum Gasteiger partial charge on any atom is 0.267 e. The third kappa shape index (κ3) is 2.79. The summed E-state index contributed by atoms with van der Waals surface area (Å²) in [6, 6.07) is 1.91. The Hall–Kier alpha value is -1.49. The molecule has 1 aromatic rings. The molecule has 1 aliphatic heterocycles. The number of nitrogens with two attached hydrogens (primary N) is 1. The highest BCUT2D eigenvalue weighted by molar-refractivity contribution is 5.93. The van der Waals surface area contributed by atoms with E-state index in [1.807, 2.05) is 0 Å². The molecule has 0 aliphatic carbocycles. The molecule has 5 heteroatoms. The van der Waals surface area contributed by atoms with E-state index < -0.39 is 0 Å². The first-order valence-corrected chi connectivity index (χ1v) is 5.99. The third-order valence-corrected chi connectivity index (χ3v) is 3.37. The van der Waals surface area contributed by atoms with Crippen molar-refractivity contribution in [3.8, 4) is 0 Å². The minimum Gasteiger partial charge on any atom is -0.397 e. The predicted molar refractivity (Wildman–Crippen MR) is 67.7 cm³/mol. The maximum absolute atomic E-state index is 11.9. The minimum absolute atomic E-state index is 0.0666. The van der Waals surface area contributed by atoms with Crippen LogP contribution < -0.4 is 11.1 Å². The topological polar surface area (TPSA) is 74.2 Å². The van der Waals surface area contributed by atoms with Crippen molar-refractivity contribution in [1.82, 2.24) is 15.2 Å². The summed E-state index contributed by atoms with van der Waals surface area (Å²) in [7, 11) is 2.11. The van der Waals surface area contributed by atoms with Crippen LogP contribution in [0.3, 0.4) is 0 Å². The lowest BCUT2D eigenvalue weighted by atomic mass is 9.94. The van der Waals surface area contributed by atoms with Crippen molar-refractivity contribution < 1.29 is 4.79 Å². The van der Waals surface area contributed by atoms with Crippen molar-refractivity contribution in [2.75, 3.05) is 25.9 Å². The van der Waals surface area contributed by atoms with Crippen LogP contribution >= 0.6 is 0 Å². The molecule has 1 fully saturated rings. The largest absolute Gasteiger partial charge is 0.397 e. The average Bonchev–Trinajstić information content (AvgIpc) is 2.69. The molecular weight excluding hydrogens is 216 g/mol. The summed E-state index contributed by atoms with van der Waals surface area (Å²) in [6.45, 7) is 4.23. The lowest BCUT2D eigenvalue weighted by Gasteiger charge is -2.35. The number of piperidine rings is 1. The summed E-state index contributed by atoms with van der Waals surface area (Å²) in [5.74, 6) is 0.410. The lowest BCUT2D eigenvalue weighted by molar-refractivity contribution is 0.0879. The van der Waals surface area contributed by atoms with E-state index in [0.717, 1.165) is 19.5 Å². The molecule has 17 heavy (non-hydrogen) atoms. The number of hydrogen-bond donors (Lipinski definition) is 3. The van der Waals surface area contributed by atoms with Crippen molar-refractivity contribution in [1.29, 1.82) is 0 Å². The number of nitrogens with one attached hydrogen (secondary N) is 2. The lowest BCUT2D eigenvalue weighted by Crippen LogP contribution is -2.48. The number of H-pyrrole nitrogens is 1. The number of nitrogen functional groups attached to an aromatic ring is 1. The smallest absolute Gasteiger partial charge is 0.267 e. The van der Waals surface area contributed by atoms with Gasteiger partial charge in [-0.05, 0) is 32.0 Å². The number of carbonyl (C=O) groups excluding carboxylic acids is 1. The first-order valence-electron chi connectivity index (χ1n) is 5.99. The van der Waals surface area contributed by atoms with Gasteiger partial charge in [-0.15, -0.1) is 0 Å². The molecule has 4 N–H and O–H groups in total. The first kappa shape index (κ1) is 12.0. The van der Waals surface area contributed by atoms with Crippen molar-refractivity contribution in [3.05, 3.63) is 18.0 Å². The van der Waals surface area contributed by atoms with Gasteiger partial charge in [-0.2, -0.15) is 0 Å². The number of aromatic amines is 1. The molecule has 2 atom stereocenters. The van der Waals surface area contributed by atoms with E-state index in [0.29, 0.717) is 17.3 Å². The van der Waals surface area contributed by atoms with Gasteiger partial charge in [0.2, 0.25) is 0 Å². The van der Waals surface area contributed by atoms with E-state index in [9.17, 15) is 4.79 Å². The normalized spacial score (nSPS) is 25.8. The molecule has 5 nitrogen and oxygen atoms in total. The van der Waals surface area contributed by atoms with Crippen LogP contribution in [-0.4, -0.2) is 42.0 Å². The van der Waals surface area contributed by atoms with Gasteiger partial charge in [-0.25, -0.2) is 0 Å². The predicted octanol–water partition coefficient (Wildman–Crippen LogP) is 0.667. The van der Waals surface area contributed by atoms with E-state index in [4.69, 9.17) is 5.73 Å². The summed E-state index contributed by atoms with van der Waals surface area (Å²) in [5, 5.41) is 3.07. The van der Waals surface area contributed by atoms with Crippen LogP contribution in [-0.2, 0) is 0 Å². The van der Waals surface area contributed by atoms with Crippen LogP contribution in [0.1, 0.15) is 23.8 Å². The zero-order chi connectivity index (χ0) is 12.4. The Morgan fingerprint density at radius 3 is 3.00 bits per heavy atom. The van der Waals surface area contributed by atoms with Gasteiger partial charge >= 0.3 is 0 Å². The highest BCUT2D eigenvalue weighted by Gasteiger charge is 2.25. The van der Waals surface area contributed by atoms with E-state index in [1.54, 1.807) is 12.3 Å². The number of aromatic nitrogens is 1. The van der Waals surface area contributed by atoms with Gasteiger partial charge < -0.3 is 20.9 Å². The Bertz CT molecular complexity index is 401. The summed E-state index contributed by atoms with van der Waals surface area (Å²) in [5.41, 5.74) is 6.70. The summed E-state index contributed by atoms with van der Waals surface area (Å²) < 4.78 is 0. The van der Waals surface area contributed by atoms with Crippen LogP contribution in [0.4, 0.5) is 5.69 Å². The summed E-state index contributed by atoms with van der Waals surface area (Å²) in [4.78, 5) is 17.1. The molecule has 0 aromatic carbocycles. The zero-order valence-corrected chi connectivity index (χ0v) is 10.4. The highest BCUT2D eigenvalue weighted by atomic mass is 16.1. The minimum atomic E-state index is -0.0666. The zero-order valence-electron chi connectivity index (χ0n) is 10.4. The van der Waals surface area contributed by atoms with E-state index in [1.165, 1.54) is 0 Å². The molecule has 2 heterocycles. The van der Waals surface area contributed by atoms with Gasteiger partial charge in [-0.1, -0.05) is 6.92 Å². The van der Waals surface area contributed by atoms with Gasteiger partial charge in [0, 0.05) is 24.5 Å². The Balaban J connectivity index is 1.95. The van der Waals surface area contributed by atoms with E-state index in [-0.39, 0.29) is 11.9 Å². The van der Waals surface area contributed by atoms with Crippen LogP contribution in [0.5, 0.6) is 0 Å². The molecule has 1 saturated heterocycles. The van der Waals surface area contributed by atoms with Gasteiger partial charge in [0.1, 0.15) is 5.69 Å². The van der Waals surface area contributed by atoms with E-state index >= 15 is 0 Å². The molecular formula is C12H20N4O. The average molecular weight is 236 g/mol. The van der Waals surface area contributed by atoms with Gasteiger partial charge in [0.25, 0.3) is 5.91 Å². The molecule has 1 aliphatic rings. The first-order chi connectivity index (χ1) is 8.06. The quantitative estimate of drug-likeness (QED) is 0.706. The molecule has 0 saturated carbocycles. The highest BCUT2D eigenvalue weighted by Crippen LogP contribution is 2.16. The fraction of sp³-hybridized carbons (Fsp3) is 0.583. The van der Waals surface area contributed by atoms with Crippen molar-refractivity contribution >= 4 is 11.6 Å². The number of hydrogen-bond acceptors (Lipinski definition) is 3. The second-order valence-corrected chi connectivity index (χ2v) is 4.95. The number of rotatable bonds is 2. The molecule has 0 radical (unpaired) electrons. The standard InChI is InChI=1S/C12H20N4O/c1-8-7-16(2)4-3-10(8)15-12(17)11-5-9(13)6-14-11/h5-6,8,10,14H,3-4,7,13H2,1-2H3,(H,15,17).